The maximum atomic E-state index is 6.00. The topological polar surface area (TPSA) is 70.0 Å². The molecule has 0 aliphatic heterocycles. The van der Waals surface area contributed by atoms with Gasteiger partial charge in [0.15, 0.2) is 0 Å². The highest BCUT2D eigenvalue weighted by Gasteiger charge is 2.18. The predicted molar refractivity (Wildman–Crippen MR) is 101 cm³/mol. The molecule has 0 saturated carbocycles. The molecule has 3 heterocycles. The largest absolute Gasteiger partial charge is 0.471 e. The quantitative estimate of drug-likeness (QED) is 0.668. The van der Waals surface area contributed by atoms with Crippen LogP contribution in [0.5, 0.6) is 5.88 Å². The number of aromatic nitrogens is 4. The number of hydrogen-bond donors (Lipinski definition) is 0. The van der Waals surface area contributed by atoms with E-state index in [1.54, 1.807) is 13.4 Å². The molecule has 1 aliphatic carbocycles. The minimum absolute atomic E-state index is 0.369. The average molecular weight is 362 g/mol. The fraction of sp³-hybridized carbons (Fsp3) is 0.333. The number of fused-ring (bicyclic) bond motifs is 1. The molecule has 0 unspecified atom stereocenters. The van der Waals surface area contributed by atoms with Crippen LogP contribution in [-0.2, 0) is 30.8 Å². The van der Waals surface area contributed by atoms with Gasteiger partial charge < -0.3 is 9.47 Å². The van der Waals surface area contributed by atoms with E-state index < -0.39 is 0 Å². The van der Waals surface area contributed by atoms with E-state index in [-0.39, 0.29) is 0 Å². The molecule has 0 bridgehead atoms. The first kappa shape index (κ1) is 17.5. The molecule has 27 heavy (non-hydrogen) atoms. The van der Waals surface area contributed by atoms with Crippen molar-refractivity contribution >= 4 is 0 Å². The van der Waals surface area contributed by atoms with Crippen LogP contribution < -0.4 is 4.74 Å². The number of nitrogens with zero attached hydrogens (tertiary/aromatic N) is 4. The summed E-state index contributed by atoms with van der Waals surface area (Å²) in [5.41, 5.74) is 6.29. The highest BCUT2D eigenvalue weighted by atomic mass is 16.5. The lowest BCUT2D eigenvalue weighted by atomic mass is 9.90. The molecule has 6 nitrogen and oxygen atoms in total. The Labute approximate surface area is 158 Å². The summed E-state index contributed by atoms with van der Waals surface area (Å²) >= 11 is 0. The van der Waals surface area contributed by atoms with Crippen LogP contribution in [0.15, 0.2) is 43.0 Å². The number of ether oxygens (including phenoxy) is 2. The lowest BCUT2D eigenvalue weighted by molar-refractivity contribution is 0.181. The van der Waals surface area contributed by atoms with Crippen molar-refractivity contribution in [2.45, 2.75) is 38.9 Å². The summed E-state index contributed by atoms with van der Waals surface area (Å²) < 4.78 is 11.1. The zero-order chi connectivity index (χ0) is 18.5. The van der Waals surface area contributed by atoms with Crippen molar-refractivity contribution in [3.05, 3.63) is 65.6 Å². The Morgan fingerprint density at radius 1 is 0.963 bits per heavy atom. The van der Waals surface area contributed by atoms with E-state index in [2.05, 4.69) is 15.0 Å². The van der Waals surface area contributed by atoms with Crippen molar-refractivity contribution in [1.29, 1.82) is 0 Å². The van der Waals surface area contributed by atoms with Crippen LogP contribution in [0.25, 0.3) is 11.1 Å². The summed E-state index contributed by atoms with van der Waals surface area (Å²) in [6, 6.07) is 7.86. The van der Waals surface area contributed by atoms with E-state index in [4.69, 9.17) is 14.5 Å². The highest BCUT2D eigenvalue weighted by Crippen LogP contribution is 2.33. The molecule has 6 heteroatoms. The van der Waals surface area contributed by atoms with Gasteiger partial charge in [-0.2, -0.15) is 0 Å². The Balaban J connectivity index is 1.61. The molecule has 0 radical (unpaired) electrons. The molecule has 138 valence electrons. The Bertz CT molecular complexity index is 915. The van der Waals surface area contributed by atoms with Gasteiger partial charge in [-0.15, -0.1) is 0 Å². The van der Waals surface area contributed by atoms with Crippen molar-refractivity contribution in [2.24, 2.45) is 0 Å². The van der Waals surface area contributed by atoms with E-state index in [9.17, 15) is 0 Å². The van der Waals surface area contributed by atoms with Gasteiger partial charge in [-0.25, -0.2) is 15.0 Å². The predicted octanol–water partition coefficient (Wildman–Crippen LogP) is 3.54. The van der Waals surface area contributed by atoms with Crippen molar-refractivity contribution in [1.82, 2.24) is 19.9 Å². The SMILES string of the molecule is COCc1cccc(COc2cc(-c3cncnc3)c3c(n2)CCCC3)n1. The van der Waals surface area contributed by atoms with E-state index in [1.807, 2.05) is 36.7 Å². The molecule has 0 saturated heterocycles. The van der Waals surface area contributed by atoms with Crippen molar-refractivity contribution < 1.29 is 9.47 Å². The lowest BCUT2D eigenvalue weighted by Crippen LogP contribution is -2.10. The van der Waals surface area contributed by atoms with Crippen LogP contribution in [0.3, 0.4) is 0 Å². The summed E-state index contributed by atoms with van der Waals surface area (Å²) in [6.07, 6.45) is 9.60. The normalized spacial score (nSPS) is 13.2. The number of rotatable bonds is 6. The summed E-state index contributed by atoms with van der Waals surface area (Å²) in [4.78, 5) is 17.6. The first-order valence-corrected chi connectivity index (χ1v) is 9.18. The Morgan fingerprint density at radius 2 is 1.74 bits per heavy atom. The number of hydrogen-bond acceptors (Lipinski definition) is 6. The van der Waals surface area contributed by atoms with E-state index in [1.165, 1.54) is 12.0 Å². The fourth-order valence-electron chi connectivity index (χ4n) is 3.43. The van der Waals surface area contributed by atoms with Gasteiger partial charge in [0.25, 0.3) is 0 Å². The summed E-state index contributed by atoms with van der Waals surface area (Å²) in [6.45, 7) is 0.858. The molecule has 0 amide bonds. The summed E-state index contributed by atoms with van der Waals surface area (Å²) in [5, 5.41) is 0. The molecule has 0 atom stereocenters. The highest BCUT2D eigenvalue weighted by molar-refractivity contribution is 5.68. The standard InChI is InChI=1S/C21H22N4O2/c1-26-12-16-5-4-6-17(24-16)13-27-21-9-19(15-10-22-14-23-11-15)18-7-2-3-8-20(18)25-21/h4-6,9-11,14H,2-3,7-8,12-13H2,1H3. The average Bonchev–Trinajstić information content (AvgIpc) is 2.73. The monoisotopic (exact) mass is 362 g/mol. The second-order valence-electron chi connectivity index (χ2n) is 6.61. The first-order chi connectivity index (χ1) is 13.3. The van der Waals surface area contributed by atoms with E-state index in [0.29, 0.717) is 19.1 Å². The molecular formula is C21H22N4O2. The molecule has 1 aliphatic rings. The van der Waals surface area contributed by atoms with Crippen molar-refractivity contribution in [3.8, 4) is 17.0 Å². The molecule has 4 rings (SSSR count). The Kier molecular flexibility index (Phi) is 5.34. The molecular weight excluding hydrogens is 340 g/mol. The molecule has 3 aromatic rings. The number of pyridine rings is 2. The van der Waals surface area contributed by atoms with Crippen LogP contribution in [0.4, 0.5) is 0 Å². The third-order valence-electron chi connectivity index (χ3n) is 4.67. The van der Waals surface area contributed by atoms with Crippen LogP contribution in [-0.4, -0.2) is 27.0 Å². The van der Waals surface area contributed by atoms with Gasteiger partial charge in [-0.05, 0) is 48.9 Å². The number of methoxy groups -OCH3 is 1. The van der Waals surface area contributed by atoms with Crippen LogP contribution in [0.1, 0.15) is 35.5 Å². The maximum absolute atomic E-state index is 6.00. The Morgan fingerprint density at radius 3 is 2.56 bits per heavy atom. The fourth-order valence-corrected chi connectivity index (χ4v) is 3.43. The molecule has 0 fully saturated rings. The second-order valence-corrected chi connectivity index (χ2v) is 6.61. The van der Waals surface area contributed by atoms with Crippen molar-refractivity contribution in [2.75, 3.05) is 7.11 Å². The van der Waals surface area contributed by atoms with Gasteiger partial charge in [0.2, 0.25) is 5.88 Å². The lowest BCUT2D eigenvalue weighted by Gasteiger charge is -2.20. The minimum atomic E-state index is 0.369. The number of aryl methyl sites for hydroxylation is 1. The van der Waals surface area contributed by atoms with Gasteiger partial charge in [-0.1, -0.05) is 6.07 Å². The third-order valence-corrected chi connectivity index (χ3v) is 4.67. The summed E-state index contributed by atoms with van der Waals surface area (Å²) in [7, 11) is 1.66. The molecule has 0 aromatic carbocycles. The molecule has 3 aromatic heterocycles. The van der Waals surface area contributed by atoms with E-state index >= 15 is 0 Å². The third kappa shape index (κ3) is 4.11. The minimum Gasteiger partial charge on any atom is -0.471 e. The van der Waals surface area contributed by atoms with Gasteiger partial charge in [0.1, 0.15) is 12.9 Å². The maximum Gasteiger partial charge on any atom is 0.214 e. The smallest absolute Gasteiger partial charge is 0.214 e. The van der Waals surface area contributed by atoms with Gasteiger partial charge in [0, 0.05) is 36.8 Å². The van der Waals surface area contributed by atoms with Crippen molar-refractivity contribution in [3.63, 3.8) is 0 Å². The van der Waals surface area contributed by atoms with Gasteiger partial charge >= 0.3 is 0 Å². The zero-order valence-electron chi connectivity index (χ0n) is 15.4. The molecule has 0 N–H and O–H groups in total. The summed E-state index contributed by atoms with van der Waals surface area (Å²) in [5.74, 6) is 0.619. The van der Waals surface area contributed by atoms with Crippen LogP contribution in [0, 0.1) is 0 Å². The second kappa shape index (κ2) is 8.22. The van der Waals surface area contributed by atoms with Crippen LogP contribution >= 0.6 is 0 Å². The van der Waals surface area contributed by atoms with Gasteiger partial charge in [0.05, 0.1) is 18.0 Å². The van der Waals surface area contributed by atoms with Crippen LogP contribution in [0.2, 0.25) is 0 Å². The van der Waals surface area contributed by atoms with E-state index in [0.717, 1.165) is 47.5 Å². The zero-order valence-corrected chi connectivity index (χ0v) is 15.4. The van der Waals surface area contributed by atoms with Gasteiger partial charge in [-0.3, -0.25) is 4.98 Å². The Hall–Kier alpha value is -2.86. The molecule has 0 spiro atoms. The first-order valence-electron chi connectivity index (χ1n) is 9.18.